The predicted molar refractivity (Wildman–Crippen MR) is 185 cm³/mol. The summed E-state index contributed by atoms with van der Waals surface area (Å²) in [7, 11) is 0. The fraction of sp³-hybridized carbons (Fsp3) is 0.297. The first-order valence-corrected chi connectivity index (χ1v) is 17.0. The first-order chi connectivity index (χ1) is 22.8. The Balaban J connectivity index is 1.24. The van der Waals surface area contributed by atoms with Crippen LogP contribution in [0, 0.1) is 0 Å². The monoisotopic (exact) mass is 652 g/mol. The fourth-order valence-corrected chi connectivity index (χ4v) is 6.55. The normalized spacial score (nSPS) is 15.9. The smallest absolute Gasteiger partial charge is 0.246 e. The molecule has 3 atom stereocenters. The van der Waals surface area contributed by atoms with Crippen molar-refractivity contribution in [1.82, 2.24) is 15.5 Å². The minimum atomic E-state index is -0.962. The number of carbonyl (C=O) groups excluding carboxylic acids is 4. The Kier molecular flexibility index (Phi) is 11.6. The number of likely N-dealkylation sites (tertiary alicyclic amines) is 1. The van der Waals surface area contributed by atoms with E-state index in [0.29, 0.717) is 19.4 Å². The number of hydrogen-bond acceptors (Lipinski definition) is 6. The van der Waals surface area contributed by atoms with Crippen LogP contribution in [0.25, 0.3) is 21.9 Å². The minimum absolute atomic E-state index is 0.0711. The Morgan fingerprint density at radius 1 is 0.809 bits per heavy atom. The van der Waals surface area contributed by atoms with E-state index in [4.69, 9.17) is 5.73 Å². The Labute approximate surface area is 278 Å². The van der Waals surface area contributed by atoms with Crippen LogP contribution < -0.4 is 16.4 Å². The lowest BCUT2D eigenvalue weighted by Crippen LogP contribution is -2.60. The molecule has 1 aliphatic heterocycles. The average molecular weight is 653 g/mol. The van der Waals surface area contributed by atoms with Gasteiger partial charge in [0.15, 0.2) is 0 Å². The van der Waals surface area contributed by atoms with E-state index in [9.17, 15) is 24.3 Å². The van der Waals surface area contributed by atoms with Crippen molar-refractivity contribution in [1.29, 1.82) is 0 Å². The highest BCUT2D eigenvalue weighted by Crippen LogP contribution is 2.22. The number of benzene rings is 4. The van der Waals surface area contributed by atoms with E-state index < -0.39 is 35.8 Å². The van der Waals surface area contributed by atoms with Gasteiger partial charge < -0.3 is 26.4 Å². The van der Waals surface area contributed by atoms with E-state index in [2.05, 4.69) is 10.6 Å². The van der Waals surface area contributed by atoms with Crippen LogP contribution in [0.2, 0.25) is 0 Å². The van der Waals surface area contributed by atoms with Crippen LogP contribution in [-0.4, -0.2) is 70.0 Å². The number of rotatable bonds is 13. The zero-order chi connectivity index (χ0) is 33.2. The molecule has 10 heteroatoms. The van der Waals surface area contributed by atoms with E-state index in [1.165, 1.54) is 4.90 Å². The maximum atomic E-state index is 13.9. The number of aliphatic hydroxyl groups excluding tert-OH is 1. The standard InChI is InChI=1S/C37H40N4O5S/c38-35(44)31(21-26-15-18-28-10-4-5-11-30(28)20-26)40-36(45)33-12-6-7-19-41(33)37(46)32(23-47-24-42)39-34(43)22-25-13-16-29(17-14-25)27-8-2-1-3-9-27/h1-5,8-11,13-18,20,31-33,42H,6-7,12,19,21-24H2,(H2,38,44)(H,39,43)(H,40,45)/t31-,32-,33-/m0/s1. The largest absolute Gasteiger partial charge is 0.386 e. The maximum absolute atomic E-state index is 13.9. The third kappa shape index (κ3) is 8.99. The molecular weight excluding hydrogens is 612 g/mol. The van der Waals surface area contributed by atoms with Crippen LogP contribution in [0.4, 0.5) is 0 Å². The first kappa shape index (κ1) is 33.7. The van der Waals surface area contributed by atoms with Crippen LogP contribution in [0.5, 0.6) is 0 Å². The number of primary amides is 1. The molecule has 4 aromatic rings. The molecule has 0 radical (unpaired) electrons. The van der Waals surface area contributed by atoms with Gasteiger partial charge in [0, 0.05) is 18.7 Å². The van der Waals surface area contributed by atoms with Crippen molar-refractivity contribution in [2.24, 2.45) is 5.73 Å². The van der Waals surface area contributed by atoms with Gasteiger partial charge in [0.25, 0.3) is 0 Å². The number of hydrogen-bond donors (Lipinski definition) is 4. The summed E-state index contributed by atoms with van der Waals surface area (Å²) in [6, 6.07) is 28.6. The van der Waals surface area contributed by atoms with Gasteiger partial charge in [-0.05, 0) is 52.3 Å². The quantitative estimate of drug-likeness (QED) is 0.162. The molecular formula is C37H40N4O5S. The Hall–Kier alpha value is -4.67. The summed E-state index contributed by atoms with van der Waals surface area (Å²) in [5.41, 5.74) is 9.47. The number of thioether (sulfide) groups is 1. The number of piperidine rings is 1. The molecule has 5 rings (SSSR count). The van der Waals surface area contributed by atoms with E-state index in [0.717, 1.165) is 51.2 Å². The number of fused-ring (bicyclic) bond motifs is 1. The molecule has 0 bridgehead atoms. The molecule has 0 aromatic heterocycles. The molecule has 244 valence electrons. The van der Waals surface area contributed by atoms with Gasteiger partial charge in [-0.1, -0.05) is 97.1 Å². The van der Waals surface area contributed by atoms with Crippen LogP contribution in [0.15, 0.2) is 97.1 Å². The van der Waals surface area contributed by atoms with E-state index >= 15 is 0 Å². The molecule has 47 heavy (non-hydrogen) atoms. The molecule has 4 amide bonds. The van der Waals surface area contributed by atoms with Gasteiger partial charge in [0.05, 0.1) is 12.4 Å². The number of carbonyl (C=O) groups is 4. The molecule has 1 saturated heterocycles. The minimum Gasteiger partial charge on any atom is -0.386 e. The maximum Gasteiger partial charge on any atom is 0.246 e. The zero-order valence-electron chi connectivity index (χ0n) is 26.1. The van der Waals surface area contributed by atoms with Crippen LogP contribution in [0.1, 0.15) is 30.4 Å². The molecule has 1 aliphatic rings. The number of amides is 4. The fourth-order valence-electron chi connectivity index (χ4n) is 5.98. The molecule has 1 fully saturated rings. The summed E-state index contributed by atoms with van der Waals surface area (Å²) in [5.74, 6) is -1.94. The Morgan fingerprint density at radius 3 is 2.21 bits per heavy atom. The number of nitrogens with one attached hydrogen (secondary N) is 2. The number of nitrogens with two attached hydrogens (primary N) is 1. The Morgan fingerprint density at radius 2 is 1.49 bits per heavy atom. The molecule has 0 aliphatic carbocycles. The predicted octanol–water partition coefficient (Wildman–Crippen LogP) is 3.81. The van der Waals surface area contributed by atoms with Gasteiger partial charge in [-0.15, -0.1) is 11.8 Å². The van der Waals surface area contributed by atoms with Gasteiger partial charge in [-0.25, -0.2) is 0 Å². The van der Waals surface area contributed by atoms with Crippen molar-refractivity contribution in [3.63, 3.8) is 0 Å². The number of nitrogens with zero attached hydrogens (tertiary/aromatic N) is 1. The topological polar surface area (TPSA) is 142 Å². The summed E-state index contributed by atoms with van der Waals surface area (Å²) in [6.07, 6.45) is 2.13. The molecule has 4 aromatic carbocycles. The lowest BCUT2D eigenvalue weighted by atomic mass is 9.98. The summed E-state index contributed by atoms with van der Waals surface area (Å²) in [6.45, 7) is 0.333. The summed E-state index contributed by atoms with van der Waals surface area (Å²) >= 11 is 1.11. The van der Waals surface area contributed by atoms with Gasteiger partial charge in [0.2, 0.25) is 23.6 Å². The number of aliphatic hydroxyl groups is 1. The lowest BCUT2D eigenvalue weighted by Gasteiger charge is -2.37. The van der Waals surface area contributed by atoms with E-state index in [1.54, 1.807) is 0 Å². The van der Waals surface area contributed by atoms with Crippen molar-refractivity contribution in [3.8, 4) is 11.1 Å². The molecule has 5 N–H and O–H groups in total. The van der Waals surface area contributed by atoms with E-state index in [-0.39, 0.29) is 30.4 Å². The van der Waals surface area contributed by atoms with Gasteiger partial charge in [-0.2, -0.15) is 0 Å². The van der Waals surface area contributed by atoms with Crippen molar-refractivity contribution in [2.45, 2.75) is 50.2 Å². The van der Waals surface area contributed by atoms with Crippen molar-refractivity contribution >= 4 is 46.2 Å². The van der Waals surface area contributed by atoms with Crippen LogP contribution in [-0.2, 0) is 32.0 Å². The van der Waals surface area contributed by atoms with Crippen LogP contribution >= 0.6 is 11.8 Å². The summed E-state index contributed by atoms with van der Waals surface area (Å²) in [5, 5.41) is 17.2. The van der Waals surface area contributed by atoms with Gasteiger partial charge >= 0.3 is 0 Å². The molecule has 0 saturated carbocycles. The molecule has 9 nitrogen and oxygen atoms in total. The highest BCUT2D eigenvalue weighted by Gasteiger charge is 2.37. The van der Waals surface area contributed by atoms with E-state index in [1.807, 2.05) is 97.1 Å². The SMILES string of the molecule is NC(=O)[C@H](Cc1ccc2ccccc2c1)NC(=O)[C@@H]1CCCCN1C(=O)[C@H](CSCO)NC(=O)Cc1ccc(-c2ccccc2)cc1. The molecule has 0 spiro atoms. The second-order valence-corrected chi connectivity index (χ2v) is 12.8. The zero-order valence-corrected chi connectivity index (χ0v) is 27.0. The highest BCUT2D eigenvalue weighted by molar-refractivity contribution is 7.99. The lowest BCUT2D eigenvalue weighted by molar-refractivity contribution is -0.145. The first-order valence-electron chi connectivity index (χ1n) is 15.8. The second-order valence-electron chi connectivity index (χ2n) is 11.8. The van der Waals surface area contributed by atoms with Gasteiger partial charge in [-0.3, -0.25) is 19.2 Å². The highest BCUT2D eigenvalue weighted by atomic mass is 32.2. The summed E-state index contributed by atoms with van der Waals surface area (Å²) < 4.78 is 0. The third-order valence-corrected chi connectivity index (χ3v) is 9.19. The van der Waals surface area contributed by atoms with Crippen molar-refractivity contribution in [3.05, 3.63) is 108 Å². The van der Waals surface area contributed by atoms with Crippen LogP contribution in [0.3, 0.4) is 0 Å². The Bertz CT molecular complexity index is 1700. The average Bonchev–Trinajstić information content (AvgIpc) is 3.10. The van der Waals surface area contributed by atoms with Gasteiger partial charge in [0.1, 0.15) is 18.1 Å². The summed E-state index contributed by atoms with van der Waals surface area (Å²) in [4.78, 5) is 54.6. The molecule has 0 unspecified atom stereocenters. The second kappa shape index (κ2) is 16.2. The third-order valence-electron chi connectivity index (χ3n) is 8.44. The van der Waals surface area contributed by atoms with Crippen molar-refractivity contribution < 1.29 is 24.3 Å². The van der Waals surface area contributed by atoms with Crippen molar-refractivity contribution in [2.75, 3.05) is 18.2 Å². The molecule has 1 heterocycles.